The topological polar surface area (TPSA) is 91.2 Å². The van der Waals surface area contributed by atoms with Crippen LogP contribution in [0.5, 0.6) is 0 Å². The predicted molar refractivity (Wildman–Crippen MR) is 105 cm³/mol. The smallest absolute Gasteiger partial charge is 0.338 e. The lowest BCUT2D eigenvalue weighted by Gasteiger charge is -2.07. The van der Waals surface area contributed by atoms with E-state index in [2.05, 4.69) is 10.6 Å². The van der Waals surface area contributed by atoms with Crippen LogP contribution in [0.2, 0.25) is 10.0 Å². The van der Waals surface area contributed by atoms with Crippen LogP contribution >= 0.6 is 23.2 Å². The van der Waals surface area contributed by atoms with E-state index in [-0.39, 0.29) is 12.2 Å². The molecular weight excluding hydrogens is 389 g/mol. The number of anilines is 2. The number of rotatable bonds is 6. The summed E-state index contributed by atoms with van der Waals surface area (Å²) in [5.41, 5.74) is 1.14. The van der Waals surface area contributed by atoms with Gasteiger partial charge in [-0.1, -0.05) is 23.2 Å². The number of nitrogens with one attached hydrogen (secondary N) is 2. The highest BCUT2D eigenvalue weighted by atomic mass is 35.5. The summed E-state index contributed by atoms with van der Waals surface area (Å²) in [6, 6.07) is 12.7. The maximum atomic E-state index is 12.2. The molecule has 8 heteroatoms. The van der Waals surface area contributed by atoms with E-state index in [1.807, 2.05) is 6.07 Å². The van der Waals surface area contributed by atoms with Gasteiger partial charge in [0.05, 0.1) is 22.9 Å². The van der Waals surface area contributed by atoms with Gasteiger partial charge in [0, 0.05) is 16.9 Å². The Morgan fingerprint density at radius 1 is 1.19 bits per heavy atom. The molecule has 0 heterocycles. The summed E-state index contributed by atoms with van der Waals surface area (Å²) in [7, 11) is 0. The molecule has 0 fully saturated rings. The Morgan fingerprint density at radius 3 is 2.48 bits per heavy atom. The van der Waals surface area contributed by atoms with Gasteiger partial charge in [-0.25, -0.2) is 4.79 Å². The zero-order chi connectivity index (χ0) is 19.8. The van der Waals surface area contributed by atoms with Crippen molar-refractivity contribution >= 4 is 46.5 Å². The summed E-state index contributed by atoms with van der Waals surface area (Å²) in [6.07, 6.45) is 1.25. The number of hydrogen-bond acceptors (Lipinski definition) is 5. The maximum Gasteiger partial charge on any atom is 0.338 e. The van der Waals surface area contributed by atoms with Crippen LogP contribution in [0.15, 0.2) is 54.2 Å². The molecule has 0 atom stereocenters. The lowest BCUT2D eigenvalue weighted by molar-refractivity contribution is -0.112. The van der Waals surface area contributed by atoms with E-state index in [9.17, 15) is 14.9 Å². The third kappa shape index (κ3) is 5.74. The monoisotopic (exact) mass is 403 g/mol. The summed E-state index contributed by atoms with van der Waals surface area (Å²) in [5.74, 6) is -1.06. The summed E-state index contributed by atoms with van der Waals surface area (Å²) < 4.78 is 4.89. The van der Waals surface area contributed by atoms with E-state index in [0.717, 1.165) is 0 Å². The summed E-state index contributed by atoms with van der Waals surface area (Å²) in [5, 5.41) is 15.4. The van der Waals surface area contributed by atoms with E-state index >= 15 is 0 Å². The first-order valence-corrected chi connectivity index (χ1v) is 8.60. The molecule has 0 aromatic heterocycles. The molecule has 0 radical (unpaired) electrons. The van der Waals surface area contributed by atoms with Crippen LogP contribution in [0.4, 0.5) is 11.4 Å². The lowest BCUT2D eigenvalue weighted by atomic mass is 10.2. The van der Waals surface area contributed by atoms with Gasteiger partial charge in [0.15, 0.2) is 0 Å². The van der Waals surface area contributed by atoms with Crippen LogP contribution in [-0.4, -0.2) is 18.5 Å². The molecule has 0 aliphatic carbocycles. The Balaban J connectivity index is 2.06. The molecule has 27 heavy (non-hydrogen) atoms. The van der Waals surface area contributed by atoms with Crippen molar-refractivity contribution in [2.24, 2.45) is 0 Å². The first-order valence-electron chi connectivity index (χ1n) is 7.85. The van der Waals surface area contributed by atoms with Gasteiger partial charge >= 0.3 is 5.97 Å². The van der Waals surface area contributed by atoms with E-state index in [0.29, 0.717) is 27.0 Å². The second-order valence-corrected chi connectivity index (χ2v) is 6.03. The Labute approximate surface area is 166 Å². The number of benzene rings is 2. The van der Waals surface area contributed by atoms with Gasteiger partial charge < -0.3 is 15.4 Å². The standard InChI is InChI=1S/C19H15Cl2N3O3/c1-2-27-19(26)12-3-6-15(7-4-12)24-18(25)13(10-22)11-23-17-8-5-14(20)9-16(17)21/h3-9,11,23H,2H2,1H3,(H,24,25)/b13-11-. The van der Waals surface area contributed by atoms with Gasteiger partial charge in [0.2, 0.25) is 0 Å². The molecular formula is C19H15Cl2N3O3. The average molecular weight is 404 g/mol. The molecule has 0 bridgehead atoms. The van der Waals surface area contributed by atoms with Gasteiger partial charge in [-0.05, 0) is 49.4 Å². The van der Waals surface area contributed by atoms with Gasteiger partial charge in [0.25, 0.3) is 5.91 Å². The molecule has 2 rings (SSSR count). The minimum absolute atomic E-state index is 0.157. The van der Waals surface area contributed by atoms with Crippen LogP contribution in [0, 0.1) is 11.3 Å². The Bertz CT molecular complexity index is 919. The van der Waals surface area contributed by atoms with Crippen molar-refractivity contribution in [1.29, 1.82) is 5.26 Å². The van der Waals surface area contributed by atoms with Crippen molar-refractivity contribution in [3.63, 3.8) is 0 Å². The van der Waals surface area contributed by atoms with Crippen LogP contribution in [0.25, 0.3) is 0 Å². The van der Waals surface area contributed by atoms with E-state index in [1.165, 1.54) is 24.4 Å². The Hall–Kier alpha value is -3.01. The van der Waals surface area contributed by atoms with Crippen molar-refractivity contribution in [3.8, 4) is 6.07 Å². The van der Waals surface area contributed by atoms with Gasteiger partial charge in [-0.2, -0.15) is 5.26 Å². The zero-order valence-electron chi connectivity index (χ0n) is 14.3. The number of nitriles is 1. The van der Waals surface area contributed by atoms with Gasteiger partial charge in [-0.15, -0.1) is 0 Å². The number of ether oxygens (including phenoxy) is 1. The molecule has 1 amide bonds. The zero-order valence-corrected chi connectivity index (χ0v) is 15.8. The van der Waals surface area contributed by atoms with Crippen LogP contribution in [0.3, 0.4) is 0 Å². The molecule has 0 spiro atoms. The first-order chi connectivity index (χ1) is 12.9. The number of halogens is 2. The van der Waals surface area contributed by atoms with Crippen LogP contribution in [-0.2, 0) is 9.53 Å². The van der Waals surface area contributed by atoms with E-state index in [1.54, 1.807) is 31.2 Å². The molecule has 2 N–H and O–H groups in total. The minimum atomic E-state index is -0.612. The second-order valence-electron chi connectivity index (χ2n) is 5.19. The van der Waals surface area contributed by atoms with Crippen molar-refractivity contribution in [3.05, 3.63) is 69.8 Å². The third-order valence-electron chi connectivity index (χ3n) is 3.32. The fraction of sp³-hybridized carbons (Fsp3) is 0.105. The molecule has 2 aromatic carbocycles. The molecule has 6 nitrogen and oxygen atoms in total. The average Bonchev–Trinajstić information content (AvgIpc) is 2.64. The first kappa shape index (κ1) is 20.3. The van der Waals surface area contributed by atoms with Gasteiger partial charge in [-0.3, -0.25) is 4.79 Å². The number of hydrogen-bond donors (Lipinski definition) is 2. The molecule has 0 aliphatic rings. The van der Waals surface area contributed by atoms with Gasteiger partial charge in [0.1, 0.15) is 11.6 Å². The fourth-order valence-corrected chi connectivity index (χ4v) is 2.47. The van der Waals surface area contributed by atoms with Crippen molar-refractivity contribution in [1.82, 2.24) is 0 Å². The maximum absolute atomic E-state index is 12.2. The molecule has 0 aliphatic heterocycles. The Morgan fingerprint density at radius 2 is 1.89 bits per heavy atom. The molecule has 0 unspecified atom stereocenters. The molecule has 2 aromatic rings. The SMILES string of the molecule is CCOC(=O)c1ccc(NC(=O)/C(C#N)=C\Nc2ccc(Cl)cc2Cl)cc1. The summed E-state index contributed by atoms with van der Waals surface area (Å²) >= 11 is 11.9. The normalized spacial score (nSPS) is 10.7. The number of nitrogens with zero attached hydrogens (tertiary/aromatic N) is 1. The van der Waals surface area contributed by atoms with Crippen LogP contribution < -0.4 is 10.6 Å². The predicted octanol–water partition coefficient (Wildman–Crippen LogP) is 4.63. The molecule has 0 saturated heterocycles. The number of carbonyl (C=O) groups is 2. The number of amides is 1. The quantitative estimate of drug-likeness (QED) is 0.416. The van der Waals surface area contributed by atoms with Crippen LogP contribution in [0.1, 0.15) is 17.3 Å². The minimum Gasteiger partial charge on any atom is -0.462 e. The van der Waals surface area contributed by atoms with Crippen molar-refractivity contribution in [2.75, 3.05) is 17.2 Å². The largest absolute Gasteiger partial charge is 0.462 e. The van der Waals surface area contributed by atoms with E-state index in [4.69, 9.17) is 27.9 Å². The van der Waals surface area contributed by atoms with Crippen molar-refractivity contribution < 1.29 is 14.3 Å². The fourth-order valence-electron chi connectivity index (χ4n) is 2.01. The summed E-state index contributed by atoms with van der Waals surface area (Å²) in [4.78, 5) is 23.8. The third-order valence-corrected chi connectivity index (χ3v) is 3.87. The molecule has 0 saturated carbocycles. The Kier molecular flexibility index (Phi) is 7.24. The highest BCUT2D eigenvalue weighted by Gasteiger charge is 2.11. The molecule has 138 valence electrons. The highest BCUT2D eigenvalue weighted by molar-refractivity contribution is 6.36. The van der Waals surface area contributed by atoms with E-state index < -0.39 is 11.9 Å². The summed E-state index contributed by atoms with van der Waals surface area (Å²) in [6.45, 7) is 1.99. The lowest BCUT2D eigenvalue weighted by Crippen LogP contribution is -2.14. The second kappa shape index (κ2) is 9.62. The number of carbonyl (C=O) groups excluding carboxylic acids is 2. The highest BCUT2D eigenvalue weighted by Crippen LogP contribution is 2.25. The van der Waals surface area contributed by atoms with Crippen molar-refractivity contribution in [2.45, 2.75) is 6.92 Å². The number of esters is 1.